The van der Waals surface area contributed by atoms with Crippen LogP contribution in [0.1, 0.15) is 18.4 Å². The first kappa shape index (κ1) is 15.5. The third-order valence-electron chi connectivity index (χ3n) is 3.17. The second-order valence-corrected chi connectivity index (χ2v) is 5.65. The van der Waals surface area contributed by atoms with Gasteiger partial charge in [-0.3, -0.25) is 0 Å². The molecule has 1 saturated heterocycles. The van der Waals surface area contributed by atoms with Crippen LogP contribution in [0.3, 0.4) is 0 Å². The van der Waals surface area contributed by atoms with E-state index in [1.165, 1.54) is 6.20 Å². The minimum Gasteiger partial charge on any atom is -0.388 e. The van der Waals surface area contributed by atoms with Crippen molar-refractivity contribution >= 4 is 21.7 Å². The molecular weight excluding hydrogens is 341 g/mol. The Morgan fingerprint density at radius 2 is 2.05 bits per heavy atom. The SMILES string of the molecule is OC1(CNc2ncc(Br)cc2C(F)(F)F)CCOCC1. The topological polar surface area (TPSA) is 54.4 Å². The van der Waals surface area contributed by atoms with Gasteiger partial charge < -0.3 is 15.2 Å². The fourth-order valence-electron chi connectivity index (χ4n) is 1.97. The van der Waals surface area contributed by atoms with Gasteiger partial charge in [0.15, 0.2) is 0 Å². The lowest BCUT2D eigenvalue weighted by Gasteiger charge is -2.32. The number of hydrogen-bond donors (Lipinski definition) is 2. The number of aromatic nitrogens is 1. The highest BCUT2D eigenvalue weighted by molar-refractivity contribution is 9.10. The lowest BCUT2D eigenvalue weighted by Crippen LogP contribution is -2.42. The molecule has 0 aliphatic carbocycles. The van der Waals surface area contributed by atoms with E-state index in [9.17, 15) is 18.3 Å². The second kappa shape index (κ2) is 5.87. The summed E-state index contributed by atoms with van der Waals surface area (Å²) in [6.45, 7) is 0.810. The molecule has 1 aliphatic rings. The van der Waals surface area contributed by atoms with Crippen molar-refractivity contribution in [3.05, 3.63) is 22.3 Å². The lowest BCUT2D eigenvalue weighted by atomic mass is 9.94. The summed E-state index contributed by atoms with van der Waals surface area (Å²) in [6.07, 6.45) is -2.45. The second-order valence-electron chi connectivity index (χ2n) is 4.74. The van der Waals surface area contributed by atoms with Crippen molar-refractivity contribution in [2.45, 2.75) is 24.6 Å². The van der Waals surface area contributed by atoms with E-state index in [2.05, 4.69) is 26.2 Å². The first-order chi connectivity index (χ1) is 9.30. The van der Waals surface area contributed by atoms with Crippen LogP contribution in [0.4, 0.5) is 19.0 Å². The number of ether oxygens (including phenoxy) is 1. The Bertz CT molecular complexity index is 476. The van der Waals surface area contributed by atoms with Crippen molar-refractivity contribution in [1.29, 1.82) is 0 Å². The van der Waals surface area contributed by atoms with Crippen LogP contribution in [0.5, 0.6) is 0 Å². The minimum absolute atomic E-state index is 0.00801. The van der Waals surface area contributed by atoms with Crippen molar-refractivity contribution in [3.8, 4) is 0 Å². The van der Waals surface area contributed by atoms with Crippen LogP contribution in [0.25, 0.3) is 0 Å². The van der Waals surface area contributed by atoms with Gasteiger partial charge in [0.2, 0.25) is 0 Å². The van der Waals surface area contributed by atoms with Gasteiger partial charge in [-0.15, -0.1) is 0 Å². The van der Waals surface area contributed by atoms with Crippen LogP contribution in [0, 0.1) is 0 Å². The van der Waals surface area contributed by atoms with Gasteiger partial charge in [-0.1, -0.05) is 0 Å². The average Bonchev–Trinajstić information content (AvgIpc) is 2.37. The highest BCUT2D eigenvalue weighted by Gasteiger charge is 2.36. The molecule has 0 radical (unpaired) electrons. The number of hydrogen-bond acceptors (Lipinski definition) is 4. The van der Waals surface area contributed by atoms with Crippen LogP contribution < -0.4 is 5.32 Å². The standard InChI is InChI=1S/C12H14BrF3N2O2/c13-8-5-9(12(14,15)16)10(17-6-8)18-7-11(19)1-3-20-4-2-11/h5-6,19H,1-4,7H2,(H,17,18). The van der Waals surface area contributed by atoms with Gasteiger partial charge in [0.05, 0.1) is 11.2 Å². The van der Waals surface area contributed by atoms with E-state index in [0.717, 1.165) is 6.07 Å². The maximum absolute atomic E-state index is 12.9. The summed E-state index contributed by atoms with van der Waals surface area (Å²) in [5, 5.41) is 12.8. The number of rotatable bonds is 3. The third kappa shape index (κ3) is 3.83. The van der Waals surface area contributed by atoms with E-state index < -0.39 is 17.3 Å². The van der Waals surface area contributed by atoms with E-state index in [0.29, 0.717) is 26.1 Å². The van der Waals surface area contributed by atoms with Crippen LogP contribution >= 0.6 is 15.9 Å². The molecule has 0 spiro atoms. The fraction of sp³-hybridized carbons (Fsp3) is 0.583. The molecule has 112 valence electrons. The maximum Gasteiger partial charge on any atom is 0.419 e. The summed E-state index contributed by atoms with van der Waals surface area (Å²) in [7, 11) is 0. The van der Waals surface area contributed by atoms with Crippen LogP contribution in [-0.4, -0.2) is 35.5 Å². The summed E-state index contributed by atoms with van der Waals surface area (Å²) in [5.74, 6) is -0.277. The van der Waals surface area contributed by atoms with E-state index >= 15 is 0 Å². The first-order valence-corrected chi connectivity index (χ1v) is 6.86. The largest absolute Gasteiger partial charge is 0.419 e. The number of halogens is 4. The zero-order chi connectivity index (χ0) is 14.8. The Hall–Kier alpha value is -0.860. The smallest absolute Gasteiger partial charge is 0.388 e. The summed E-state index contributed by atoms with van der Waals surface area (Å²) >= 11 is 2.97. The predicted octanol–water partition coefficient (Wildman–Crippen LogP) is 2.82. The van der Waals surface area contributed by atoms with E-state index in [1.54, 1.807) is 0 Å². The minimum atomic E-state index is -4.50. The molecule has 4 nitrogen and oxygen atoms in total. The zero-order valence-electron chi connectivity index (χ0n) is 10.5. The van der Waals surface area contributed by atoms with E-state index in [-0.39, 0.29) is 16.8 Å². The van der Waals surface area contributed by atoms with Gasteiger partial charge in [0, 0.05) is 43.3 Å². The molecule has 0 atom stereocenters. The summed E-state index contributed by atoms with van der Waals surface area (Å²) in [6, 6.07) is 0.962. The number of anilines is 1. The highest BCUT2D eigenvalue weighted by atomic mass is 79.9. The number of pyridine rings is 1. The molecule has 2 rings (SSSR count). The molecular formula is C12H14BrF3N2O2. The molecule has 0 saturated carbocycles. The highest BCUT2D eigenvalue weighted by Crippen LogP contribution is 2.35. The van der Waals surface area contributed by atoms with Gasteiger partial charge in [0.1, 0.15) is 5.82 Å². The summed E-state index contributed by atoms with van der Waals surface area (Å²) in [4.78, 5) is 3.74. The Kier molecular flexibility index (Phi) is 4.55. The first-order valence-electron chi connectivity index (χ1n) is 6.07. The lowest BCUT2D eigenvalue weighted by molar-refractivity contribution is -0.137. The fourth-order valence-corrected chi connectivity index (χ4v) is 2.30. The van der Waals surface area contributed by atoms with Gasteiger partial charge in [0.25, 0.3) is 0 Å². The molecule has 0 amide bonds. The summed E-state index contributed by atoms with van der Waals surface area (Å²) in [5.41, 5.74) is -1.92. The molecule has 2 heterocycles. The number of alkyl halides is 3. The van der Waals surface area contributed by atoms with E-state index in [4.69, 9.17) is 4.74 Å². The molecule has 20 heavy (non-hydrogen) atoms. The van der Waals surface area contributed by atoms with Crippen LogP contribution in [0.2, 0.25) is 0 Å². The van der Waals surface area contributed by atoms with E-state index in [1.807, 2.05) is 0 Å². The Balaban J connectivity index is 2.13. The van der Waals surface area contributed by atoms with Crippen molar-refractivity contribution in [2.24, 2.45) is 0 Å². The van der Waals surface area contributed by atoms with Crippen molar-refractivity contribution in [1.82, 2.24) is 4.98 Å². The molecule has 1 aromatic rings. The maximum atomic E-state index is 12.9. The van der Waals surface area contributed by atoms with Gasteiger partial charge in [-0.25, -0.2) is 4.98 Å². The Labute approximate surface area is 122 Å². The molecule has 0 aromatic carbocycles. The molecule has 0 bridgehead atoms. The quantitative estimate of drug-likeness (QED) is 0.876. The normalized spacial score (nSPS) is 18.9. The van der Waals surface area contributed by atoms with Crippen LogP contribution in [0.15, 0.2) is 16.7 Å². The molecule has 1 fully saturated rings. The molecule has 1 aliphatic heterocycles. The Morgan fingerprint density at radius 3 is 2.65 bits per heavy atom. The van der Waals surface area contributed by atoms with Crippen LogP contribution in [-0.2, 0) is 10.9 Å². The molecule has 2 N–H and O–H groups in total. The predicted molar refractivity (Wildman–Crippen MR) is 70.4 cm³/mol. The summed E-state index contributed by atoms with van der Waals surface area (Å²) < 4.78 is 44.1. The van der Waals surface area contributed by atoms with Gasteiger partial charge in [-0.05, 0) is 22.0 Å². The number of nitrogens with zero attached hydrogens (tertiary/aromatic N) is 1. The Morgan fingerprint density at radius 1 is 1.40 bits per heavy atom. The van der Waals surface area contributed by atoms with Crippen molar-refractivity contribution < 1.29 is 23.0 Å². The monoisotopic (exact) mass is 354 g/mol. The van der Waals surface area contributed by atoms with Gasteiger partial charge in [-0.2, -0.15) is 13.2 Å². The number of nitrogens with one attached hydrogen (secondary N) is 1. The molecule has 1 aromatic heterocycles. The zero-order valence-corrected chi connectivity index (χ0v) is 12.1. The molecule has 0 unspecified atom stereocenters. The van der Waals surface area contributed by atoms with Crippen molar-refractivity contribution in [3.63, 3.8) is 0 Å². The third-order valence-corrected chi connectivity index (χ3v) is 3.60. The van der Waals surface area contributed by atoms with Gasteiger partial charge >= 0.3 is 6.18 Å². The van der Waals surface area contributed by atoms with Crippen molar-refractivity contribution in [2.75, 3.05) is 25.1 Å². The average molecular weight is 355 g/mol. The number of aliphatic hydroxyl groups is 1. The molecule has 8 heteroatoms.